The van der Waals surface area contributed by atoms with E-state index < -0.39 is 11.5 Å². The van der Waals surface area contributed by atoms with Crippen molar-refractivity contribution >= 4 is 53.7 Å². The number of hydrogen-bond donors (Lipinski definition) is 1. The second-order valence-electron chi connectivity index (χ2n) is 12.4. The van der Waals surface area contributed by atoms with E-state index in [9.17, 15) is 6.85 Å². The molecular formula is C47H31NS. The minimum absolute atomic E-state index is 0.174. The van der Waals surface area contributed by atoms with Gasteiger partial charge in [-0.15, -0.1) is 11.3 Å². The Morgan fingerprint density at radius 1 is 0.490 bits per heavy atom. The molecule has 0 amide bonds. The molecule has 49 heavy (non-hydrogen) atoms. The van der Waals surface area contributed by atoms with Gasteiger partial charge in [0.25, 0.3) is 0 Å². The van der Waals surface area contributed by atoms with E-state index in [0.717, 1.165) is 16.1 Å². The second kappa shape index (κ2) is 11.1. The van der Waals surface area contributed by atoms with E-state index in [1.54, 1.807) is 11.3 Å². The van der Waals surface area contributed by atoms with Crippen LogP contribution in [0.5, 0.6) is 0 Å². The summed E-state index contributed by atoms with van der Waals surface area (Å²) in [7, 11) is 0. The van der Waals surface area contributed by atoms with E-state index in [2.05, 4.69) is 59.9 Å². The van der Waals surface area contributed by atoms with Crippen molar-refractivity contribution in [3.63, 3.8) is 0 Å². The van der Waals surface area contributed by atoms with Crippen molar-refractivity contribution < 1.29 is 9.60 Å². The molecule has 10 rings (SSSR count). The van der Waals surface area contributed by atoms with Gasteiger partial charge >= 0.3 is 0 Å². The number of fused-ring (bicyclic) bond motifs is 8. The monoisotopic (exact) mass is 648 g/mol. The molecule has 0 spiro atoms. The van der Waals surface area contributed by atoms with Crippen molar-refractivity contribution in [1.29, 1.82) is 0 Å². The highest BCUT2D eigenvalue weighted by atomic mass is 32.1. The molecule has 9 aromatic rings. The Kier molecular flexibility index (Phi) is 4.92. The van der Waals surface area contributed by atoms with Crippen LogP contribution in [0.3, 0.4) is 0 Å². The van der Waals surface area contributed by atoms with Gasteiger partial charge in [0, 0.05) is 21.2 Å². The average Bonchev–Trinajstić information content (AvgIpc) is 3.78. The summed E-state index contributed by atoms with van der Waals surface area (Å²) in [5.74, 6) is 0. The van der Waals surface area contributed by atoms with Crippen molar-refractivity contribution in [1.82, 2.24) is 0 Å². The van der Waals surface area contributed by atoms with Gasteiger partial charge in [0.1, 0.15) is 0 Å². The second-order valence-corrected chi connectivity index (χ2v) is 13.4. The standard InChI is InChI=1S/C47H31NS/c1-3-14-33(15-4-1)47(34-16-5-2-6-17-34)41-22-10-9-19-40(41)44-36(20-11-23-42(44)47)32-25-28-35(29-26-32)48-43-24-12-21-38-39-30-27-31-13-7-8-18-37(31)45(39)49-46(38)43/h1-30,48H/i9D,10D,11D,19D,20D,22D,23D. The van der Waals surface area contributed by atoms with E-state index in [0.29, 0.717) is 38.9 Å². The third kappa shape index (κ3) is 4.18. The van der Waals surface area contributed by atoms with E-state index in [4.69, 9.17) is 2.74 Å². The van der Waals surface area contributed by atoms with Crippen LogP contribution in [0.1, 0.15) is 31.8 Å². The first kappa shape index (κ1) is 21.8. The zero-order valence-corrected chi connectivity index (χ0v) is 27.0. The number of thiophene rings is 1. The largest absolute Gasteiger partial charge is 0.354 e. The smallest absolute Gasteiger partial charge is 0.0713 e. The van der Waals surface area contributed by atoms with Gasteiger partial charge in [-0.3, -0.25) is 0 Å². The highest BCUT2D eigenvalue weighted by Gasteiger charge is 2.46. The van der Waals surface area contributed by atoms with Crippen LogP contribution in [0.4, 0.5) is 11.4 Å². The van der Waals surface area contributed by atoms with Gasteiger partial charge < -0.3 is 5.32 Å². The van der Waals surface area contributed by atoms with Crippen molar-refractivity contribution in [2.75, 3.05) is 5.32 Å². The molecule has 8 aromatic carbocycles. The minimum atomic E-state index is -1.37. The fourth-order valence-electron chi connectivity index (χ4n) is 7.68. The van der Waals surface area contributed by atoms with Gasteiger partial charge in [-0.1, -0.05) is 164 Å². The van der Waals surface area contributed by atoms with Crippen molar-refractivity contribution in [2.45, 2.75) is 5.41 Å². The molecule has 0 aliphatic heterocycles. The van der Waals surface area contributed by atoms with Crippen LogP contribution < -0.4 is 5.32 Å². The molecule has 0 unspecified atom stereocenters. The average molecular weight is 649 g/mol. The summed E-state index contributed by atoms with van der Waals surface area (Å²) in [6, 6.07) is 43.7. The Hall–Kier alpha value is -5.96. The van der Waals surface area contributed by atoms with Crippen LogP contribution >= 0.6 is 11.3 Å². The summed E-state index contributed by atoms with van der Waals surface area (Å²) in [6.07, 6.45) is 0. The number of benzene rings is 8. The molecule has 1 aromatic heterocycles. The highest BCUT2D eigenvalue weighted by Crippen LogP contribution is 2.58. The molecule has 2 heteroatoms. The summed E-state index contributed by atoms with van der Waals surface area (Å²) in [5.41, 5.74) is 4.11. The Bertz CT molecular complexity index is 3030. The number of hydrogen-bond acceptors (Lipinski definition) is 2. The van der Waals surface area contributed by atoms with Crippen LogP contribution in [0, 0.1) is 0 Å². The topological polar surface area (TPSA) is 12.0 Å². The molecule has 0 bridgehead atoms. The molecule has 1 nitrogen and oxygen atoms in total. The fraction of sp³-hybridized carbons (Fsp3) is 0.0213. The maximum Gasteiger partial charge on any atom is 0.0713 e. The molecule has 1 aliphatic rings. The van der Waals surface area contributed by atoms with Crippen molar-refractivity contribution in [3.8, 4) is 22.3 Å². The first-order valence-corrected chi connectivity index (χ1v) is 17.1. The summed E-state index contributed by atoms with van der Waals surface area (Å²) in [4.78, 5) is 0. The van der Waals surface area contributed by atoms with Crippen LogP contribution in [0.15, 0.2) is 182 Å². The van der Waals surface area contributed by atoms with Crippen molar-refractivity contribution in [3.05, 3.63) is 204 Å². The Morgan fingerprint density at radius 2 is 1.14 bits per heavy atom. The SMILES string of the molecule is [2H]c1c([2H])c([2H])c2c(c1[2H])-c1c(-c3ccc(Nc4cccc5c4sc4c6ccccc6ccc54)cc3)c([2H])c([2H])c([2H])c1C2(c1ccccc1)c1ccccc1. The van der Waals surface area contributed by atoms with Gasteiger partial charge in [0.2, 0.25) is 0 Å². The lowest BCUT2D eigenvalue weighted by Gasteiger charge is -2.34. The van der Waals surface area contributed by atoms with Crippen LogP contribution in [0.25, 0.3) is 53.2 Å². The molecule has 1 heterocycles. The molecule has 0 radical (unpaired) electrons. The summed E-state index contributed by atoms with van der Waals surface area (Å²) >= 11 is 1.76. The summed E-state index contributed by atoms with van der Waals surface area (Å²) in [6.45, 7) is 0. The number of nitrogens with one attached hydrogen (secondary N) is 1. The lowest BCUT2D eigenvalue weighted by atomic mass is 9.67. The first-order chi connectivity index (χ1) is 27.2. The van der Waals surface area contributed by atoms with Gasteiger partial charge in [-0.05, 0) is 73.5 Å². The third-order valence-electron chi connectivity index (χ3n) is 9.82. The fourth-order valence-corrected chi connectivity index (χ4v) is 8.99. The summed E-state index contributed by atoms with van der Waals surface area (Å²) < 4.78 is 66.9. The first-order valence-electron chi connectivity index (χ1n) is 19.8. The van der Waals surface area contributed by atoms with Gasteiger partial charge in [0.15, 0.2) is 0 Å². The van der Waals surface area contributed by atoms with Gasteiger partial charge in [0.05, 0.1) is 25.4 Å². The molecule has 1 N–H and O–H groups in total. The third-order valence-corrected chi connectivity index (χ3v) is 11.1. The normalized spacial score (nSPS) is 15.1. The lowest BCUT2D eigenvalue weighted by Crippen LogP contribution is -2.28. The summed E-state index contributed by atoms with van der Waals surface area (Å²) in [5, 5.41) is 8.43. The zero-order valence-electron chi connectivity index (χ0n) is 33.2. The number of anilines is 2. The molecule has 0 saturated heterocycles. The Labute approximate surface area is 299 Å². The van der Waals surface area contributed by atoms with Crippen LogP contribution in [-0.2, 0) is 5.41 Å². The van der Waals surface area contributed by atoms with Crippen LogP contribution in [-0.4, -0.2) is 0 Å². The maximum absolute atomic E-state index is 9.53. The minimum Gasteiger partial charge on any atom is -0.354 e. The van der Waals surface area contributed by atoms with Crippen molar-refractivity contribution in [2.24, 2.45) is 0 Å². The lowest BCUT2D eigenvalue weighted by molar-refractivity contribution is 0.768. The Morgan fingerprint density at radius 3 is 1.94 bits per heavy atom. The van der Waals surface area contributed by atoms with E-state index in [1.165, 1.54) is 26.2 Å². The van der Waals surface area contributed by atoms with E-state index in [-0.39, 0.29) is 41.8 Å². The molecular weight excluding hydrogens is 611 g/mol. The number of rotatable bonds is 5. The zero-order chi connectivity index (χ0) is 38.5. The molecule has 0 atom stereocenters. The van der Waals surface area contributed by atoms with Gasteiger partial charge in [-0.2, -0.15) is 0 Å². The molecule has 0 fully saturated rings. The highest BCUT2D eigenvalue weighted by molar-refractivity contribution is 7.27. The molecule has 0 saturated carbocycles. The predicted molar refractivity (Wildman–Crippen MR) is 209 cm³/mol. The quantitative estimate of drug-likeness (QED) is 0.196. The predicted octanol–water partition coefficient (Wildman–Crippen LogP) is 13.0. The van der Waals surface area contributed by atoms with Gasteiger partial charge in [-0.25, -0.2) is 0 Å². The van der Waals surface area contributed by atoms with Crippen LogP contribution in [0.2, 0.25) is 0 Å². The molecule has 1 aliphatic carbocycles. The maximum atomic E-state index is 9.53. The van der Waals surface area contributed by atoms with E-state index in [1.807, 2.05) is 84.9 Å². The molecule has 230 valence electrons. The van der Waals surface area contributed by atoms with E-state index >= 15 is 0 Å². The Balaban J connectivity index is 1.19.